The number of hydrogen-bond donors (Lipinski definition) is 0. The van der Waals surface area contributed by atoms with Crippen molar-refractivity contribution in [2.45, 2.75) is 16.6 Å². The Bertz CT molecular complexity index is 1470. The summed E-state index contributed by atoms with van der Waals surface area (Å²) in [6.07, 6.45) is 3.85. The first kappa shape index (κ1) is 22.9. The van der Waals surface area contributed by atoms with Crippen molar-refractivity contribution in [3.05, 3.63) is 126 Å². The van der Waals surface area contributed by atoms with E-state index in [1.165, 1.54) is 12.5 Å². The van der Waals surface area contributed by atoms with E-state index in [2.05, 4.69) is 30.0 Å². The Labute approximate surface area is 209 Å². The van der Waals surface area contributed by atoms with Crippen LogP contribution in [0.5, 0.6) is 0 Å². The van der Waals surface area contributed by atoms with E-state index in [1.807, 2.05) is 72.8 Å². The Morgan fingerprint density at radius 3 is 2.46 bits per heavy atom. The maximum atomic E-state index is 14.0. The van der Waals surface area contributed by atoms with E-state index in [-0.39, 0.29) is 12.2 Å². The van der Waals surface area contributed by atoms with Gasteiger partial charge in [0.2, 0.25) is 0 Å². The zero-order chi connectivity index (χ0) is 24.3. The number of carbonyl (C=O) groups excluding carboxylic acids is 2. The van der Waals surface area contributed by atoms with Gasteiger partial charge in [0, 0.05) is 10.5 Å². The number of thioether (sulfide) groups is 1. The normalized spacial score (nSPS) is 18.9. The van der Waals surface area contributed by atoms with E-state index < -0.39 is 16.6 Å². The summed E-state index contributed by atoms with van der Waals surface area (Å²) in [6, 6.07) is 31.6. The number of benzene rings is 4. The maximum Gasteiger partial charge on any atom is 0.321 e. The summed E-state index contributed by atoms with van der Waals surface area (Å²) in [7, 11) is 1.35. The van der Waals surface area contributed by atoms with Crippen LogP contribution < -0.4 is 0 Å². The van der Waals surface area contributed by atoms with Gasteiger partial charge in [0.1, 0.15) is 0 Å². The molecule has 4 aromatic rings. The van der Waals surface area contributed by atoms with Crippen LogP contribution in [0.25, 0.3) is 16.8 Å². The van der Waals surface area contributed by atoms with Crippen LogP contribution in [-0.4, -0.2) is 18.9 Å². The van der Waals surface area contributed by atoms with E-state index in [4.69, 9.17) is 4.74 Å². The lowest BCUT2D eigenvalue weighted by Crippen LogP contribution is -2.46. The summed E-state index contributed by atoms with van der Waals surface area (Å²) in [4.78, 5) is 28.2. The van der Waals surface area contributed by atoms with Crippen molar-refractivity contribution in [2.75, 3.05) is 7.11 Å². The number of allylic oxidation sites excluding steroid dienone is 1. The molecule has 4 aromatic carbocycles. The molecule has 35 heavy (non-hydrogen) atoms. The lowest BCUT2D eigenvalue weighted by atomic mass is 9.72. The molecule has 4 heteroatoms. The van der Waals surface area contributed by atoms with Gasteiger partial charge in [-0.1, -0.05) is 84.9 Å². The second-order valence-corrected chi connectivity index (χ2v) is 9.67. The Morgan fingerprint density at radius 2 is 1.66 bits per heavy atom. The average molecular weight is 477 g/mol. The molecule has 0 amide bonds. The number of rotatable bonds is 5. The Morgan fingerprint density at radius 1 is 0.943 bits per heavy atom. The molecular weight excluding hydrogens is 452 g/mol. The molecule has 172 valence electrons. The number of carbonyl (C=O) groups is 2. The highest BCUT2D eigenvalue weighted by Crippen LogP contribution is 2.56. The third-order valence-corrected chi connectivity index (χ3v) is 7.97. The van der Waals surface area contributed by atoms with Crippen LogP contribution in [0.2, 0.25) is 0 Å². The molecule has 0 fully saturated rings. The first-order valence-corrected chi connectivity index (χ1v) is 12.3. The van der Waals surface area contributed by atoms with Crippen molar-refractivity contribution in [1.29, 1.82) is 0 Å². The predicted molar refractivity (Wildman–Crippen MR) is 141 cm³/mol. The highest BCUT2D eigenvalue weighted by Gasteiger charge is 2.56. The third kappa shape index (κ3) is 4.23. The molecule has 0 saturated heterocycles. The van der Waals surface area contributed by atoms with Crippen molar-refractivity contribution >= 4 is 40.4 Å². The minimum atomic E-state index is -1.39. The molecule has 3 nitrogen and oxygen atoms in total. The topological polar surface area (TPSA) is 43.4 Å². The van der Waals surface area contributed by atoms with Gasteiger partial charge < -0.3 is 4.74 Å². The Kier molecular flexibility index (Phi) is 6.41. The van der Waals surface area contributed by atoms with E-state index in [0.717, 1.165) is 21.4 Å². The summed E-state index contributed by atoms with van der Waals surface area (Å²) in [6.45, 7) is 0. The van der Waals surface area contributed by atoms with Gasteiger partial charge in [-0.05, 0) is 52.6 Å². The van der Waals surface area contributed by atoms with Gasteiger partial charge in [0.15, 0.2) is 11.2 Å². The smallest absolute Gasteiger partial charge is 0.321 e. The first-order valence-electron chi connectivity index (χ1n) is 11.5. The standard InChI is InChI=1S/C31H24O3S/c1-34-30(33)31(20-10-9-11-22-18-19-23-12-5-6-15-25(23)21-22)28(32)26-16-7-8-17-27(26)35-29(31)24-13-3-2-4-14-24/h2-8,10-19,21,29H,20H2,1H3. The molecular formula is C31H24O3S. The lowest BCUT2D eigenvalue weighted by Gasteiger charge is -2.40. The first-order chi connectivity index (χ1) is 17.1. The molecule has 2 atom stereocenters. The van der Waals surface area contributed by atoms with Crippen molar-refractivity contribution in [3.8, 4) is 0 Å². The highest BCUT2D eigenvalue weighted by molar-refractivity contribution is 7.99. The summed E-state index contributed by atoms with van der Waals surface area (Å²) < 4.78 is 5.26. The van der Waals surface area contributed by atoms with Crippen molar-refractivity contribution in [1.82, 2.24) is 0 Å². The van der Waals surface area contributed by atoms with Crippen LogP contribution in [0.4, 0.5) is 0 Å². The molecule has 0 radical (unpaired) electrons. The number of ketones is 1. The minimum absolute atomic E-state index is 0.184. The number of Topliss-reactive ketones (excluding diaryl/α,β-unsaturated/α-hetero) is 1. The second-order valence-electron chi connectivity index (χ2n) is 8.52. The summed E-state index contributed by atoms with van der Waals surface area (Å²) >= 11 is 1.54. The van der Waals surface area contributed by atoms with E-state index in [1.54, 1.807) is 23.9 Å². The largest absolute Gasteiger partial charge is 0.468 e. The van der Waals surface area contributed by atoms with E-state index in [9.17, 15) is 9.59 Å². The molecule has 2 unspecified atom stereocenters. The van der Waals surface area contributed by atoms with Gasteiger partial charge in [0.05, 0.1) is 12.4 Å². The summed E-state index contributed by atoms with van der Waals surface area (Å²) in [5.41, 5.74) is 4.30. The fraction of sp³-hybridized carbons (Fsp3) is 0.129. The van der Waals surface area contributed by atoms with Crippen LogP contribution >= 0.6 is 11.8 Å². The molecule has 0 aromatic heterocycles. The summed E-state index contributed by atoms with van der Waals surface area (Å²) in [5, 5.41) is 1.90. The van der Waals surface area contributed by atoms with Crippen molar-refractivity contribution in [3.63, 3.8) is 0 Å². The van der Waals surface area contributed by atoms with Gasteiger partial charge in [-0.15, -0.1) is 17.5 Å². The second kappa shape index (κ2) is 9.79. The van der Waals surface area contributed by atoms with Crippen LogP contribution in [0.3, 0.4) is 0 Å². The fourth-order valence-electron chi connectivity index (χ4n) is 4.66. The molecule has 0 spiro atoms. The zero-order valence-corrected chi connectivity index (χ0v) is 20.1. The van der Waals surface area contributed by atoms with Crippen LogP contribution in [0, 0.1) is 5.41 Å². The number of methoxy groups -OCH3 is 1. The minimum Gasteiger partial charge on any atom is -0.468 e. The number of esters is 1. The van der Waals surface area contributed by atoms with Gasteiger partial charge in [-0.25, -0.2) is 0 Å². The maximum absolute atomic E-state index is 14.0. The van der Waals surface area contributed by atoms with E-state index >= 15 is 0 Å². The van der Waals surface area contributed by atoms with Gasteiger partial charge in [-0.2, -0.15) is 0 Å². The van der Waals surface area contributed by atoms with Crippen LogP contribution in [0.1, 0.15) is 33.2 Å². The van der Waals surface area contributed by atoms with Crippen molar-refractivity contribution < 1.29 is 14.3 Å². The molecule has 1 aliphatic rings. The van der Waals surface area contributed by atoms with Gasteiger partial charge in [-0.3, -0.25) is 9.59 Å². The summed E-state index contributed by atoms with van der Waals surface area (Å²) in [5.74, 6) is -0.738. The van der Waals surface area contributed by atoms with Gasteiger partial charge >= 0.3 is 5.97 Å². The number of ether oxygens (including phenoxy) is 1. The third-order valence-electron chi connectivity index (χ3n) is 6.45. The van der Waals surface area contributed by atoms with Gasteiger partial charge in [0.25, 0.3) is 0 Å². The Hall–Kier alpha value is -3.85. The monoisotopic (exact) mass is 476 g/mol. The van der Waals surface area contributed by atoms with Crippen molar-refractivity contribution in [2.24, 2.45) is 5.41 Å². The number of hydrogen-bond acceptors (Lipinski definition) is 4. The zero-order valence-electron chi connectivity index (χ0n) is 19.3. The molecule has 1 aliphatic heterocycles. The molecule has 0 aliphatic carbocycles. The average Bonchev–Trinajstić information content (AvgIpc) is 2.92. The van der Waals surface area contributed by atoms with E-state index in [0.29, 0.717) is 5.56 Å². The highest BCUT2D eigenvalue weighted by atomic mass is 32.2. The fourth-order valence-corrected chi connectivity index (χ4v) is 6.15. The molecule has 0 saturated carbocycles. The molecule has 0 bridgehead atoms. The lowest BCUT2D eigenvalue weighted by molar-refractivity contribution is -0.149. The van der Waals surface area contributed by atoms with Crippen LogP contribution in [-0.2, 0) is 9.53 Å². The van der Waals surface area contributed by atoms with Crippen LogP contribution in [0.15, 0.2) is 114 Å². The molecule has 0 N–H and O–H groups in total. The quantitative estimate of drug-likeness (QED) is 0.172. The number of fused-ring (bicyclic) bond motifs is 2. The predicted octanol–water partition coefficient (Wildman–Crippen LogP) is 7.29. The molecule has 5 rings (SSSR count). The SMILES string of the molecule is COC(=O)C1(CC=C=Cc2ccc3ccccc3c2)C(=O)c2ccccc2SC1c1ccccc1. The Balaban J connectivity index is 1.57. The molecule has 1 heterocycles.